The number of hydrogen-bond donors (Lipinski definition) is 2. The highest BCUT2D eigenvalue weighted by Crippen LogP contribution is 2.43. The molecular formula is C18H22N4O2S. The first-order valence-corrected chi connectivity index (χ1v) is 9.59. The van der Waals surface area contributed by atoms with Crippen molar-refractivity contribution < 1.29 is 9.53 Å². The Balaban J connectivity index is 1.44. The van der Waals surface area contributed by atoms with Crippen molar-refractivity contribution in [2.75, 3.05) is 26.2 Å². The average Bonchev–Trinajstić information content (AvgIpc) is 3.10. The maximum absolute atomic E-state index is 12.5. The highest BCUT2D eigenvalue weighted by atomic mass is 32.1. The van der Waals surface area contributed by atoms with E-state index in [2.05, 4.69) is 26.7 Å². The predicted molar refractivity (Wildman–Crippen MR) is 95.8 cm³/mol. The van der Waals surface area contributed by atoms with Gasteiger partial charge in [-0.3, -0.25) is 14.8 Å². The summed E-state index contributed by atoms with van der Waals surface area (Å²) in [6.45, 7) is 3.25. The summed E-state index contributed by atoms with van der Waals surface area (Å²) in [7, 11) is 0. The van der Waals surface area contributed by atoms with Gasteiger partial charge >= 0.3 is 0 Å². The van der Waals surface area contributed by atoms with Crippen LogP contribution >= 0.6 is 11.3 Å². The van der Waals surface area contributed by atoms with E-state index in [0.717, 1.165) is 49.5 Å². The molecule has 2 aliphatic heterocycles. The lowest BCUT2D eigenvalue weighted by molar-refractivity contribution is -0.0792. The maximum atomic E-state index is 12.5. The van der Waals surface area contributed by atoms with Gasteiger partial charge in [0.15, 0.2) is 0 Å². The molecule has 0 bridgehead atoms. The van der Waals surface area contributed by atoms with Crippen LogP contribution in [-0.4, -0.2) is 42.1 Å². The Labute approximate surface area is 151 Å². The van der Waals surface area contributed by atoms with Crippen LogP contribution in [0.1, 0.15) is 38.6 Å². The monoisotopic (exact) mass is 358 g/mol. The van der Waals surface area contributed by atoms with Gasteiger partial charge in [0.1, 0.15) is 0 Å². The Morgan fingerprint density at radius 2 is 2.24 bits per heavy atom. The third kappa shape index (κ3) is 3.44. The van der Waals surface area contributed by atoms with Gasteiger partial charge in [0.25, 0.3) is 5.91 Å². The highest BCUT2D eigenvalue weighted by Gasteiger charge is 2.40. The number of hydrogen-bond acceptors (Lipinski definition) is 6. The van der Waals surface area contributed by atoms with Crippen molar-refractivity contribution >= 4 is 17.2 Å². The minimum atomic E-state index is -0.187. The zero-order valence-electron chi connectivity index (χ0n) is 14.1. The third-order valence-electron chi connectivity index (χ3n) is 4.93. The van der Waals surface area contributed by atoms with Crippen LogP contribution in [-0.2, 0) is 23.2 Å². The molecule has 0 radical (unpaired) electrons. The number of piperidine rings is 1. The van der Waals surface area contributed by atoms with Gasteiger partial charge in [-0.1, -0.05) is 0 Å². The van der Waals surface area contributed by atoms with E-state index in [0.29, 0.717) is 13.0 Å². The van der Waals surface area contributed by atoms with Crippen LogP contribution in [0, 0.1) is 0 Å². The van der Waals surface area contributed by atoms with Crippen LogP contribution in [0.4, 0.5) is 0 Å². The van der Waals surface area contributed by atoms with Crippen molar-refractivity contribution in [1.29, 1.82) is 0 Å². The van der Waals surface area contributed by atoms with E-state index >= 15 is 0 Å². The number of rotatable bonds is 4. The summed E-state index contributed by atoms with van der Waals surface area (Å²) in [5.41, 5.74) is 1.94. The van der Waals surface area contributed by atoms with Crippen molar-refractivity contribution in [3.05, 3.63) is 45.7 Å². The number of carbonyl (C=O) groups excluding carboxylic acids is 1. The van der Waals surface area contributed by atoms with Crippen molar-refractivity contribution in [3.8, 4) is 0 Å². The molecule has 0 saturated carbocycles. The van der Waals surface area contributed by atoms with E-state index < -0.39 is 0 Å². The number of carbonyl (C=O) groups is 1. The largest absolute Gasteiger partial charge is 0.370 e. The summed E-state index contributed by atoms with van der Waals surface area (Å²) in [4.78, 5) is 22.9. The summed E-state index contributed by atoms with van der Waals surface area (Å²) in [6.07, 6.45) is 8.59. The molecule has 2 N–H and O–H groups in total. The molecule has 132 valence electrons. The molecule has 4 heterocycles. The minimum absolute atomic E-state index is 0.00706. The van der Waals surface area contributed by atoms with Gasteiger partial charge in [-0.25, -0.2) is 0 Å². The number of ether oxygens (including phenoxy) is 1. The Kier molecular flexibility index (Phi) is 4.78. The minimum Gasteiger partial charge on any atom is -0.370 e. The van der Waals surface area contributed by atoms with Crippen LogP contribution in [0.25, 0.3) is 0 Å². The van der Waals surface area contributed by atoms with E-state index in [4.69, 9.17) is 4.74 Å². The number of nitrogens with one attached hydrogen (secondary N) is 2. The molecule has 0 atom stereocenters. The second-order valence-electron chi connectivity index (χ2n) is 6.49. The lowest BCUT2D eigenvalue weighted by atomic mass is 9.83. The standard InChI is InChI=1S/C18H22N4O2S/c23-17(22-5-1-13-12-20-8-9-21-13)16-11-14-15(25-16)2-10-24-18(14)3-6-19-7-4-18/h8-9,11-12,19H,1-7,10H2,(H,22,23). The lowest BCUT2D eigenvalue weighted by Gasteiger charge is -2.40. The quantitative estimate of drug-likeness (QED) is 0.869. The van der Waals surface area contributed by atoms with E-state index in [9.17, 15) is 4.79 Å². The van der Waals surface area contributed by atoms with Crippen molar-refractivity contribution in [3.63, 3.8) is 0 Å². The molecule has 2 aliphatic rings. The number of aromatic nitrogens is 2. The fourth-order valence-electron chi connectivity index (χ4n) is 3.62. The lowest BCUT2D eigenvalue weighted by Crippen LogP contribution is -2.44. The molecule has 0 aromatic carbocycles. The number of thiophene rings is 1. The molecule has 0 aliphatic carbocycles. The van der Waals surface area contributed by atoms with Crippen molar-refractivity contribution in [2.24, 2.45) is 0 Å². The Hall–Kier alpha value is -1.83. The van der Waals surface area contributed by atoms with Crippen LogP contribution in [0.15, 0.2) is 24.7 Å². The normalized spacial score (nSPS) is 18.7. The van der Waals surface area contributed by atoms with Crippen LogP contribution in [0.2, 0.25) is 0 Å². The fourth-order valence-corrected chi connectivity index (χ4v) is 4.77. The van der Waals surface area contributed by atoms with Crippen LogP contribution in [0.3, 0.4) is 0 Å². The molecule has 1 fully saturated rings. The topological polar surface area (TPSA) is 76.1 Å². The average molecular weight is 358 g/mol. The third-order valence-corrected chi connectivity index (χ3v) is 6.12. The molecular weight excluding hydrogens is 336 g/mol. The molecule has 1 spiro atoms. The van der Waals surface area contributed by atoms with Gasteiger partial charge < -0.3 is 15.4 Å². The van der Waals surface area contributed by atoms with Crippen molar-refractivity contribution in [1.82, 2.24) is 20.6 Å². The molecule has 2 aromatic heterocycles. The summed E-state index contributed by atoms with van der Waals surface area (Å²) in [6, 6.07) is 2.06. The van der Waals surface area contributed by atoms with Gasteiger partial charge in [0.05, 0.1) is 22.8 Å². The Morgan fingerprint density at radius 3 is 3.04 bits per heavy atom. The molecule has 1 saturated heterocycles. The second-order valence-corrected chi connectivity index (χ2v) is 7.63. The van der Waals surface area contributed by atoms with Gasteiger partial charge in [0.2, 0.25) is 0 Å². The van der Waals surface area contributed by atoms with E-state index in [1.165, 1.54) is 10.4 Å². The number of fused-ring (bicyclic) bond motifs is 2. The molecule has 4 rings (SSSR count). The van der Waals surface area contributed by atoms with Gasteiger partial charge in [-0.05, 0) is 37.6 Å². The second kappa shape index (κ2) is 7.19. The van der Waals surface area contributed by atoms with Crippen LogP contribution in [0.5, 0.6) is 0 Å². The molecule has 1 amide bonds. The zero-order valence-corrected chi connectivity index (χ0v) is 14.9. The first-order valence-electron chi connectivity index (χ1n) is 8.78. The van der Waals surface area contributed by atoms with E-state index in [-0.39, 0.29) is 11.5 Å². The molecule has 25 heavy (non-hydrogen) atoms. The summed E-state index contributed by atoms with van der Waals surface area (Å²) < 4.78 is 6.18. The zero-order chi connectivity index (χ0) is 17.1. The predicted octanol–water partition coefficient (Wildman–Crippen LogP) is 1.66. The number of amides is 1. The van der Waals surface area contributed by atoms with Gasteiger partial charge in [-0.2, -0.15) is 0 Å². The molecule has 7 heteroatoms. The van der Waals surface area contributed by atoms with E-state index in [1.54, 1.807) is 29.9 Å². The maximum Gasteiger partial charge on any atom is 0.261 e. The van der Waals surface area contributed by atoms with Crippen LogP contribution < -0.4 is 10.6 Å². The molecule has 2 aromatic rings. The molecule has 6 nitrogen and oxygen atoms in total. The summed E-state index contributed by atoms with van der Waals surface area (Å²) >= 11 is 1.62. The first kappa shape index (κ1) is 16.6. The number of nitrogens with zero attached hydrogens (tertiary/aromatic N) is 2. The SMILES string of the molecule is O=C(NCCc1cnccn1)c1cc2c(s1)CCOC21CCNCC1. The van der Waals surface area contributed by atoms with E-state index in [1.807, 2.05) is 0 Å². The molecule has 0 unspecified atom stereocenters. The van der Waals surface area contributed by atoms with Gasteiger partial charge in [-0.15, -0.1) is 11.3 Å². The van der Waals surface area contributed by atoms with Crippen molar-refractivity contribution in [2.45, 2.75) is 31.3 Å². The van der Waals surface area contributed by atoms with Gasteiger partial charge in [0, 0.05) is 42.9 Å². The fraction of sp³-hybridized carbons (Fsp3) is 0.500. The Bertz CT molecular complexity index is 741. The highest BCUT2D eigenvalue weighted by molar-refractivity contribution is 7.14. The Morgan fingerprint density at radius 1 is 1.36 bits per heavy atom. The summed E-state index contributed by atoms with van der Waals surface area (Å²) in [5.74, 6) is -0.00706. The smallest absolute Gasteiger partial charge is 0.261 e. The first-order chi connectivity index (χ1) is 12.3. The summed E-state index contributed by atoms with van der Waals surface area (Å²) in [5, 5.41) is 6.39.